The van der Waals surface area contributed by atoms with Gasteiger partial charge in [0.1, 0.15) is 15.5 Å². The lowest BCUT2D eigenvalue weighted by molar-refractivity contribution is -0.122. The number of hydrogen-bond acceptors (Lipinski definition) is 8. The van der Waals surface area contributed by atoms with E-state index in [1.165, 1.54) is 18.4 Å². The van der Waals surface area contributed by atoms with Crippen LogP contribution in [0.3, 0.4) is 0 Å². The Kier molecular flexibility index (Phi) is 6.96. The van der Waals surface area contributed by atoms with E-state index in [2.05, 4.69) is 5.32 Å². The summed E-state index contributed by atoms with van der Waals surface area (Å²) in [5.41, 5.74) is 2.02. The molecule has 0 spiro atoms. The molecule has 0 radical (unpaired) electrons. The monoisotopic (exact) mass is 502 g/mol. The summed E-state index contributed by atoms with van der Waals surface area (Å²) in [5, 5.41) is 3.98. The Bertz CT molecular complexity index is 1270. The van der Waals surface area contributed by atoms with E-state index in [0.717, 1.165) is 20.0 Å². The molecule has 3 aromatic rings. The zero-order valence-electron chi connectivity index (χ0n) is 19.0. The summed E-state index contributed by atoms with van der Waals surface area (Å²) in [4.78, 5) is 26.3. The highest BCUT2D eigenvalue weighted by atomic mass is 32.3. The molecule has 1 aliphatic heterocycles. The molecule has 34 heavy (non-hydrogen) atoms. The van der Waals surface area contributed by atoms with Crippen LogP contribution in [0.4, 0.5) is 5.69 Å². The molecule has 180 valence electrons. The largest absolute Gasteiger partial charge is 0.462 e. The van der Waals surface area contributed by atoms with E-state index in [-0.39, 0.29) is 29.7 Å². The van der Waals surface area contributed by atoms with Crippen LogP contribution in [0.25, 0.3) is 15.0 Å². The Morgan fingerprint density at radius 3 is 2.59 bits per heavy atom. The number of fused-ring (bicyclic) bond motifs is 1. The minimum absolute atomic E-state index is 0.0325. The zero-order chi connectivity index (χ0) is 24.5. The molecule has 10 heteroatoms. The maximum atomic E-state index is 13.3. The van der Waals surface area contributed by atoms with Gasteiger partial charge in [-0.15, -0.1) is 11.3 Å². The Morgan fingerprint density at radius 1 is 1.18 bits per heavy atom. The van der Waals surface area contributed by atoms with Crippen molar-refractivity contribution in [2.24, 2.45) is 0 Å². The molecule has 1 aromatic heterocycles. The summed E-state index contributed by atoms with van der Waals surface area (Å²) in [5.74, 6) is -0.885. The molecule has 2 aromatic carbocycles. The Balaban J connectivity index is 1.77. The number of ether oxygens (including phenoxy) is 2. The number of nitrogens with one attached hydrogen (secondary N) is 1. The first kappa shape index (κ1) is 24.2. The molecule has 3 N–H and O–H groups in total. The van der Waals surface area contributed by atoms with Crippen molar-refractivity contribution in [1.82, 2.24) is 4.31 Å². The number of nitrogens with zero attached hydrogens (tertiary/aromatic N) is 1. The van der Waals surface area contributed by atoms with E-state index < -0.39 is 16.7 Å². The van der Waals surface area contributed by atoms with Crippen LogP contribution in [-0.4, -0.2) is 52.2 Å². The van der Waals surface area contributed by atoms with Gasteiger partial charge in [-0.2, -0.15) is 0 Å². The number of benzene rings is 2. The number of hydrogen-bond donors (Lipinski definition) is 3. The smallest absolute Gasteiger partial charge is 0.348 e. The van der Waals surface area contributed by atoms with Crippen LogP contribution >= 0.6 is 22.1 Å². The van der Waals surface area contributed by atoms with Gasteiger partial charge in [0, 0.05) is 23.1 Å². The van der Waals surface area contributed by atoms with E-state index >= 15 is 0 Å². The summed E-state index contributed by atoms with van der Waals surface area (Å²) in [6.07, 6.45) is 0. The highest BCUT2D eigenvalue weighted by molar-refractivity contribution is 8.31. The number of aryl methyl sites for hydroxylation is 1. The first-order valence-electron chi connectivity index (χ1n) is 10.7. The lowest BCUT2D eigenvalue weighted by Crippen LogP contribution is -2.33. The summed E-state index contributed by atoms with van der Waals surface area (Å²) >= 11 is 1.35. The van der Waals surface area contributed by atoms with Gasteiger partial charge in [-0.05, 0) is 43.0 Å². The van der Waals surface area contributed by atoms with Crippen molar-refractivity contribution in [2.75, 3.05) is 32.2 Å². The lowest BCUT2D eigenvalue weighted by atomic mass is 10.1. The second-order valence-corrected chi connectivity index (χ2v) is 10.5. The van der Waals surface area contributed by atoms with Gasteiger partial charge in [0.25, 0.3) is 5.91 Å². The van der Waals surface area contributed by atoms with Crippen LogP contribution in [0.1, 0.15) is 27.7 Å². The first-order valence-corrected chi connectivity index (χ1v) is 13.0. The molecule has 1 amide bonds. The van der Waals surface area contributed by atoms with Gasteiger partial charge in [-0.3, -0.25) is 13.9 Å². The molecule has 0 bridgehead atoms. The summed E-state index contributed by atoms with van der Waals surface area (Å²) in [7, 11) is -2.09. The van der Waals surface area contributed by atoms with Gasteiger partial charge >= 0.3 is 5.97 Å². The van der Waals surface area contributed by atoms with Crippen molar-refractivity contribution in [1.29, 1.82) is 0 Å². The summed E-state index contributed by atoms with van der Waals surface area (Å²) in [6, 6.07) is 14.3. The van der Waals surface area contributed by atoms with E-state index in [1.54, 1.807) is 37.3 Å². The molecule has 0 saturated heterocycles. The van der Waals surface area contributed by atoms with Crippen molar-refractivity contribution < 1.29 is 28.2 Å². The van der Waals surface area contributed by atoms with E-state index in [9.17, 15) is 18.7 Å². The number of amides is 1. The number of thiophene rings is 1. The molecule has 0 saturated carbocycles. The average Bonchev–Trinajstić information content (AvgIpc) is 3.24. The third-order valence-corrected chi connectivity index (χ3v) is 8.65. The molecule has 4 rings (SSSR count). The van der Waals surface area contributed by atoms with Gasteiger partial charge in [0.15, 0.2) is 0 Å². The maximum absolute atomic E-state index is 13.3. The molecule has 0 aliphatic carbocycles. The number of methoxy groups -OCH3 is 1. The molecule has 0 fully saturated rings. The molecule has 8 nitrogen and oxygen atoms in total. The normalized spacial score (nSPS) is 16.3. The lowest BCUT2D eigenvalue weighted by Gasteiger charge is -2.38. The molecule has 2 heterocycles. The average molecular weight is 503 g/mol. The number of anilines is 1. The minimum Gasteiger partial charge on any atom is -0.462 e. The highest BCUT2D eigenvalue weighted by Crippen LogP contribution is 2.61. The summed E-state index contributed by atoms with van der Waals surface area (Å²) < 4.78 is 34.3. The van der Waals surface area contributed by atoms with Crippen LogP contribution < -0.4 is 5.32 Å². The van der Waals surface area contributed by atoms with Crippen molar-refractivity contribution in [3.05, 3.63) is 70.2 Å². The van der Waals surface area contributed by atoms with Gasteiger partial charge in [-0.25, -0.2) is 9.10 Å². The van der Waals surface area contributed by atoms with Crippen LogP contribution in [0.2, 0.25) is 0 Å². The number of carbonyl (C=O) groups excluding carboxylic acids is 2. The third kappa shape index (κ3) is 4.30. The molecule has 1 aliphatic rings. The fourth-order valence-corrected chi connectivity index (χ4v) is 6.64. The van der Waals surface area contributed by atoms with Gasteiger partial charge in [0.05, 0.1) is 19.8 Å². The Hall–Kier alpha value is -2.89. The second kappa shape index (κ2) is 9.77. The summed E-state index contributed by atoms with van der Waals surface area (Å²) in [6.45, 7) is 4.11. The minimum atomic E-state index is -3.57. The van der Waals surface area contributed by atoms with Gasteiger partial charge in [-0.1, -0.05) is 41.1 Å². The van der Waals surface area contributed by atoms with Crippen LogP contribution in [0, 0.1) is 6.92 Å². The molecule has 0 atom stereocenters. The first-order chi connectivity index (χ1) is 16.3. The van der Waals surface area contributed by atoms with E-state index in [0.29, 0.717) is 22.7 Å². The number of esters is 1. The Labute approximate surface area is 203 Å². The van der Waals surface area contributed by atoms with Crippen LogP contribution in [0.15, 0.2) is 54.2 Å². The van der Waals surface area contributed by atoms with E-state index in [1.807, 2.05) is 25.1 Å². The Morgan fingerprint density at radius 2 is 1.91 bits per heavy atom. The second-order valence-electron chi connectivity index (χ2n) is 7.60. The van der Waals surface area contributed by atoms with Crippen molar-refractivity contribution >= 4 is 54.7 Å². The molecular weight excluding hydrogens is 476 g/mol. The predicted octanol–water partition coefficient (Wildman–Crippen LogP) is 5.32. The molecular formula is C24H26N2O6S2. The van der Waals surface area contributed by atoms with Crippen LogP contribution in [-0.2, 0) is 14.3 Å². The fraction of sp³-hybridized carbons (Fsp3) is 0.250. The maximum Gasteiger partial charge on any atom is 0.348 e. The van der Waals surface area contributed by atoms with Gasteiger partial charge in [0.2, 0.25) is 0 Å². The quantitative estimate of drug-likeness (QED) is 0.358. The zero-order valence-corrected chi connectivity index (χ0v) is 20.7. The number of rotatable bonds is 8. The highest BCUT2D eigenvalue weighted by Gasteiger charge is 2.44. The molecule has 0 unspecified atom stereocenters. The van der Waals surface area contributed by atoms with Crippen LogP contribution in [0.5, 0.6) is 0 Å². The standard InChI is InChI=1S/C24H26N2O6S2/c1-4-32-24(28)21-15(2)18-14-17(10-11-19(18)33-21)25-20-22(16-8-6-5-7-9-16)34(29,30)26(23(20)27)12-13-31-3/h5-11,14,25,29-30H,4,12-13H2,1-3H3. The van der Waals surface area contributed by atoms with Crippen molar-refractivity contribution in [2.45, 2.75) is 13.8 Å². The third-order valence-electron chi connectivity index (χ3n) is 5.45. The topological polar surface area (TPSA) is 108 Å². The SMILES string of the molecule is CCOC(=O)c1sc2ccc(NC3=C(c4ccccc4)S(O)(O)N(CCOC)C3=O)cc2c1C. The van der Waals surface area contributed by atoms with Gasteiger partial charge < -0.3 is 14.8 Å². The predicted molar refractivity (Wildman–Crippen MR) is 136 cm³/mol. The van der Waals surface area contributed by atoms with Crippen molar-refractivity contribution in [3.8, 4) is 0 Å². The van der Waals surface area contributed by atoms with Crippen molar-refractivity contribution in [3.63, 3.8) is 0 Å². The number of carbonyl (C=O) groups is 2. The van der Waals surface area contributed by atoms with E-state index in [4.69, 9.17) is 9.47 Å². The fourth-order valence-electron chi connectivity index (χ4n) is 3.82.